The van der Waals surface area contributed by atoms with Crippen LogP contribution in [0.5, 0.6) is 0 Å². The third kappa shape index (κ3) is 5.82. The van der Waals surface area contributed by atoms with Crippen molar-refractivity contribution in [2.24, 2.45) is 11.8 Å². The lowest BCUT2D eigenvalue weighted by Crippen LogP contribution is -2.15. The molecule has 0 aliphatic rings. The van der Waals surface area contributed by atoms with E-state index in [1.54, 1.807) is 11.3 Å². The molecule has 32 heavy (non-hydrogen) atoms. The molecule has 1 atom stereocenters. The molecule has 0 fully saturated rings. The molecule has 7 heteroatoms. The van der Waals surface area contributed by atoms with Crippen molar-refractivity contribution in [2.45, 2.75) is 72.3 Å². The number of nitrogens with zero attached hydrogens (tertiary/aromatic N) is 3. The van der Waals surface area contributed by atoms with Crippen LogP contribution in [0.15, 0.2) is 29.1 Å². The van der Waals surface area contributed by atoms with E-state index < -0.39 is 5.97 Å². The fourth-order valence-corrected chi connectivity index (χ4v) is 5.09. The van der Waals surface area contributed by atoms with Crippen molar-refractivity contribution >= 4 is 34.1 Å². The van der Waals surface area contributed by atoms with Gasteiger partial charge in [0.25, 0.3) is 0 Å². The quantitative estimate of drug-likeness (QED) is 0.331. The average Bonchev–Trinajstić information content (AvgIpc) is 3.36. The van der Waals surface area contributed by atoms with Crippen LogP contribution in [-0.4, -0.2) is 31.4 Å². The minimum absolute atomic E-state index is 0.0167. The van der Waals surface area contributed by atoms with Crippen LogP contribution >= 0.6 is 11.3 Å². The maximum Gasteiger partial charge on any atom is 0.303 e. The number of carboxylic acid groups (broad SMARTS) is 1. The zero-order chi connectivity index (χ0) is 23.3. The van der Waals surface area contributed by atoms with E-state index in [2.05, 4.69) is 37.2 Å². The van der Waals surface area contributed by atoms with Gasteiger partial charge in [0.05, 0.1) is 22.2 Å². The SMILES string of the molecule is CCC(CC)n1c(Cc2cscn2)nc2cc(C(=O)C[C@H](CC(=O)O)CC(C)C)ccc21. The summed E-state index contributed by atoms with van der Waals surface area (Å²) < 4.78 is 2.30. The van der Waals surface area contributed by atoms with E-state index >= 15 is 0 Å². The number of ketones is 1. The zero-order valence-electron chi connectivity index (χ0n) is 19.4. The minimum Gasteiger partial charge on any atom is -0.481 e. The summed E-state index contributed by atoms with van der Waals surface area (Å²) in [6.45, 7) is 8.48. The Bertz CT molecular complexity index is 1050. The van der Waals surface area contributed by atoms with Crippen molar-refractivity contribution in [2.75, 3.05) is 0 Å². The molecular weight excluding hydrogens is 422 g/mol. The number of rotatable bonds is 12. The number of fused-ring (bicyclic) bond motifs is 1. The fourth-order valence-electron chi connectivity index (χ4n) is 4.53. The highest BCUT2D eigenvalue weighted by Gasteiger charge is 2.22. The monoisotopic (exact) mass is 455 g/mol. The molecule has 0 saturated heterocycles. The van der Waals surface area contributed by atoms with Gasteiger partial charge >= 0.3 is 5.97 Å². The Morgan fingerprint density at radius 2 is 1.91 bits per heavy atom. The second-order valence-corrected chi connectivity index (χ2v) is 9.67. The first-order chi connectivity index (χ1) is 15.3. The van der Waals surface area contributed by atoms with Gasteiger partial charge in [-0.3, -0.25) is 9.59 Å². The van der Waals surface area contributed by atoms with Gasteiger partial charge in [0.1, 0.15) is 5.82 Å². The Morgan fingerprint density at radius 1 is 1.16 bits per heavy atom. The summed E-state index contributed by atoms with van der Waals surface area (Å²) in [5.74, 6) is 0.288. The average molecular weight is 456 g/mol. The number of hydrogen-bond acceptors (Lipinski definition) is 5. The van der Waals surface area contributed by atoms with Gasteiger partial charge in [0.2, 0.25) is 0 Å². The largest absolute Gasteiger partial charge is 0.481 e. The fraction of sp³-hybridized carbons (Fsp3) is 0.520. The molecule has 172 valence electrons. The van der Waals surface area contributed by atoms with Gasteiger partial charge in [0, 0.05) is 36.2 Å². The van der Waals surface area contributed by atoms with E-state index in [0.717, 1.165) is 41.8 Å². The highest BCUT2D eigenvalue weighted by atomic mass is 32.1. The molecule has 0 amide bonds. The van der Waals surface area contributed by atoms with Crippen LogP contribution < -0.4 is 0 Å². The minimum atomic E-state index is -0.852. The predicted octanol–water partition coefficient (Wildman–Crippen LogP) is 6.15. The van der Waals surface area contributed by atoms with E-state index in [1.807, 2.05) is 29.1 Å². The first kappa shape index (κ1) is 24.1. The van der Waals surface area contributed by atoms with Gasteiger partial charge < -0.3 is 9.67 Å². The lowest BCUT2D eigenvalue weighted by molar-refractivity contribution is -0.138. The van der Waals surface area contributed by atoms with E-state index in [-0.39, 0.29) is 24.5 Å². The molecular formula is C25H33N3O3S. The Morgan fingerprint density at radius 3 is 2.50 bits per heavy atom. The lowest BCUT2D eigenvalue weighted by Gasteiger charge is -2.19. The summed E-state index contributed by atoms with van der Waals surface area (Å²) in [7, 11) is 0. The normalized spacial score (nSPS) is 12.7. The third-order valence-corrected chi connectivity index (χ3v) is 6.59. The van der Waals surface area contributed by atoms with Gasteiger partial charge in [-0.05, 0) is 49.3 Å². The maximum absolute atomic E-state index is 13.0. The van der Waals surface area contributed by atoms with E-state index in [0.29, 0.717) is 23.9 Å². The number of Topliss-reactive ketones (excluding diaryl/α,β-unsaturated/α-hetero) is 1. The van der Waals surface area contributed by atoms with Gasteiger partial charge in [-0.25, -0.2) is 9.97 Å². The Hall–Kier alpha value is -2.54. The number of thiazole rings is 1. The molecule has 0 aliphatic carbocycles. The molecule has 3 aromatic rings. The molecule has 2 aromatic heterocycles. The number of carbonyl (C=O) groups excluding carboxylic acids is 1. The number of hydrogen-bond donors (Lipinski definition) is 1. The summed E-state index contributed by atoms with van der Waals surface area (Å²) >= 11 is 1.58. The van der Waals surface area contributed by atoms with Crippen LogP contribution in [0.2, 0.25) is 0 Å². The molecule has 0 unspecified atom stereocenters. The van der Waals surface area contributed by atoms with Crippen LogP contribution in [-0.2, 0) is 11.2 Å². The van der Waals surface area contributed by atoms with Gasteiger partial charge in [-0.1, -0.05) is 27.7 Å². The summed E-state index contributed by atoms with van der Waals surface area (Å²) in [6, 6.07) is 6.06. The van der Waals surface area contributed by atoms with Crippen LogP contribution in [0.4, 0.5) is 0 Å². The smallest absolute Gasteiger partial charge is 0.303 e. The zero-order valence-corrected chi connectivity index (χ0v) is 20.2. The first-order valence-corrected chi connectivity index (χ1v) is 12.4. The second-order valence-electron chi connectivity index (χ2n) is 8.95. The van der Waals surface area contributed by atoms with Gasteiger partial charge in [-0.2, -0.15) is 0 Å². The van der Waals surface area contributed by atoms with Crippen LogP contribution in [0.3, 0.4) is 0 Å². The summed E-state index contributed by atoms with van der Waals surface area (Å²) in [6.07, 6.45) is 3.65. The summed E-state index contributed by atoms with van der Waals surface area (Å²) in [5.41, 5.74) is 5.28. The molecule has 3 rings (SSSR count). The molecule has 6 nitrogen and oxygen atoms in total. The van der Waals surface area contributed by atoms with Crippen molar-refractivity contribution in [3.8, 4) is 0 Å². The summed E-state index contributed by atoms with van der Waals surface area (Å²) in [5, 5.41) is 11.3. The third-order valence-electron chi connectivity index (χ3n) is 5.96. The molecule has 1 N–H and O–H groups in total. The van der Waals surface area contributed by atoms with Crippen molar-refractivity contribution in [3.63, 3.8) is 0 Å². The number of carboxylic acids is 1. The first-order valence-electron chi connectivity index (χ1n) is 11.4. The number of benzene rings is 1. The lowest BCUT2D eigenvalue weighted by atomic mass is 9.88. The molecule has 0 saturated carbocycles. The maximum atomic E-state index is 13.0. The number of carbonyl (C=O) groups is 2. The summed E-state index contributed by atoms with van der Waals surface area (Å²) in [4.78, 5) is 33.6. The van der Waals surface area contributed by atoms with Crippen LogP contribution in [0.1, 0.15) is 87.7 Å². The highest BCUT2D eigenvalue weighted by molar-refractivity contribution is 7.07. The van der Waals surface area contributed by atoms with Crippen molar-refractivity contribution in [3.05, 3.63) is 46.2 Å². The van der Waals surface area contributed by atoms with E-state index in [4.69, 9.17) is 4.98 Å². The van der Waals surface area contributed by atoms with E-state index in [1.165, 1.54) is 0 Å². The Kier molecular flexibility index (Phi) is 8.18. The highest BCUT2D eigenvalue weighted by Crippen LogP contribution is 2.29. The Balaban J connectivity index is 1.93. The van der Waals surface area contributed by atoms with Crippen LogP contribution in [0, 0.1) is 11.8 Å². The van der Waals surface area contributed by atoms with Crippen LogP contribution in [0.25, 0.3) is 11.0 Å². The Labute approximate surface area is 193 Å². The molecule has 1 aromatic carbocycles. The van der Waals surface area contributed by atoms with Gasteiger partial charge in [-0.15, -0.1) is 11.3 Å². The van der Waals surface area contributed by atoms with E-state index in [9.17, 15) is 14.7 Å². The number of aromatic nitrogens is 3. The predicted molar refractivity (Wildman–Crippen MR) is 128 cm³/mol. The second kappa shape index (κ2) is 10.9. The molecule has 0 spiro atoms. The number of aliphatic carboxylic acids is 1. The molecule has 0 aliphatic heterocycles. The van der Waals surface area contributed by atoms with Gasteiger partial charge in [0.15, 0.2) is 5.78 Å². The van der Waals surface area contributed by atoms with Crippen molar-refractivity contribution in [1.82, 2.24) is 14.5 Å². The standard InChI is InChI=1S/C25H33N3O3S/c1-5-20(6-2)28-22-8-7-18(23(29)10-17(9-16(3)4)11-25(30)31)12-21(22)27-24(28)13-19-14-32-15-26-19/h7-8,12,14-17,20H,5-6,9-11,13H2,1-4H3,(H,30,31)/t17-/m1/s1. The molecule has 0 bridgehead atoms. The number of imidazole rings is 1. The van der Waals surface area contributed by atoms with Crippen molar-refractivity contribution < 1.29 is 14.7 Å². The topological polar surface area (TPSA) is 85.1 Å². The molecule has 2 heterocycles. The molecule has 0 radical (unpaired) electrons. The van der Waals surface area contributed by atoms with Crippen molar-refractivity contribution in [1.29, 1.82) is 0 Å².